The second kappa shape index (κ2) is 4.55. The molecule has 2 saturated heterocycles. The van der Waals surface area contributed by atoms with Crippen LogP contribution in [0.3, 0.4) is 0 Å². The molecule has 1 aromatic carbocycles. The standard InChI is InChI=1S/C15H19NO3S/c17-20(18,16-9-14-8-13(16)10-19-14)15-6-5-11-3-1-2-4-12(11)7-15/h5-7,13-14H,1-4,8-10H2/t13-,14+/m0/s1. The minimum absolute atomic E-state index is 0.0426. The number of morpholine rings is 1. The summed E-state index contributed by atoms with van der Waals surface area (Å²) in [7, 11) is -3.35. The van der Waals surface area contributed by atoms with Crippen LogP contribution in [0.25, 0.3) is 0 Å². The van der Waals surface area contributed by atoms with Crippen molar-refractivity contribution in [1.82, 2.24) is 4.31 Å². The average Bonchev–Trinajstić information content (AvgIpc) is 3.09. The Kier molecular flexibility index (Phi) is 2.91. The van der Waals surface area contributed by atoms with Crippen LogP contribution in [0.15, 0.2) is 23.1 Å². The number of nitrogens with zero attached hydrogens (tertiary/aromatic N) is 1. The predicted octanol–water partition coefficient (Wildman–Crippen LogP) is 1.73. The fraction of sp³-hybridized carbons (Fsp3) is 0.600. The molecule has 4 nitrogen and oxygen atoms in total. The Morgan fingerprint density at radius 3 is 2.65 bits per heavy atom. The molecule has 1 aliphatic carbocycles. The first-order valence-electron chi connectivity index (χ1n) is 7.40. The lowest BCUT2D eigenvalue weighted by molar-refractivity contribution is 0.0608. The van der Waals surface area contributed by atoms with Crippen molar-refractivity contribution in [3.05, 3.63) is 29.3 Å². The highest BCUT2D eigenvalue weighted by Crippen LogP contribution is 2.34. The van der Waals surface area contributed by atoms with E-state index in [2.05, 4.69) is 0 Å². The van der Waals surface area contributed by atoms with Crippen LogP contribution in [0.1, 0.15) is 30.4 Å². The molecule has 0 unspecified atom stereocenters. The van der Waals surface area contributed by atoms with Gasteiger partial charge in [0.1, 0.15) is 0 Å². The maximum atomic E-state index is 12.8. The first kappa shape index (κ1) is 12.8. The summed E-state index contributed by atoms with van der Waals surface area (Å²) in [6, 6.07) is 5.73. The summed E-state index contributed by atoms with van der Waals surface area (Å²) in [5.41, 5.74) is 2.54. The van der Waals surface area contributed by atoms with Gasteiger partial charge in [0.25, 0.3) is 0 Å². The summed E-state index contributed by atoms with van der Waals surface area (Å²) >= 11 is 0. The van der Waals surface area contributed by atoms with Gasteiger partial charge >= 0.3 is 0 Å². The molecule has 108 valence electrons. The van der Waals surface area contributed by atoms with Crippen molar-refractivity contribution in [2.45, 2.75) is 49.1 Å². The highest BCUT2D eigenvalue weighted by Gasteiger charge is 2.45. The van der Waals surface area contributed by atoms with Crippen LogP contribution in [0, 0.1) is 0 Å². The van der Waals surface area contributed by atoms with E-state index in [1.807, 2.05) is 12.1 Å². The fourth-order valence-electron chi connectivity index (χ4n) is 3.66. The average molecular weight is 293 g/mol. The Hall–Kier alpha value is -0.910. The molecule has 0 radical (unpaired) electrons. The topological polar surface area (TPSA) is 46.6 Å². The Morgan fingerprint density at radius 2 is 1.95 bits per heavy atom. The smallest absolute Gasteiger partial charge is 0.243 e. The number of fused-ring (bicyclic) bond motifs is 3. The number of rotatable bonds is 2. The molecule has 2 heterocycles. The summed E-state index contributed by atoms with van der Waals surface area (Å²) in [6.45, 7) is 1.07. The molecular formula is C15H19NO3S. The molecule has 2 atom stereocenters. The Labute approximate surface area is 119 Å². The van der Waals surface area contributed by atoms with Gasteiger partial charge in [-0.05, 0) is 55.4 Å². The summed E-state index contributed by atoms with van der Waals surface area (Å²) in [5, 5.41) is 0. The Bertz CT molecular complexity index is 641. The minimum atomic E-state index is -3.35. The second-order valence-corrected chi connectivity index (χ2v) is 7.95. The molecule has 0 saturated carbocycles. The van der Waals surface area contributed by atoms with Crippen LogP contribution in [0.2, 0.25) is 0 Å². The Morgan fingerprint density at radius 1 is 1.15 bits per heavy atom. The van der Waals surface area contributed by atoms with Gasteiger partial charge in [-0.3, -0.25) is 0 Å². The maximum absolute atomic E-state index is 12.8. The summed E-state index contributed by atoms with van der Waals surface area (Å²) in [6.07, 6.45) is 5.42. The summed E-state index contributed by atoms with van der Waals surface area (Å²) < 4.78 is 32.7. The molecule has 2 aliphatic heterocycles. The molecule has 0 aromatic heterocycles. The fourth-order valence-corrected chi connectivity index (χ4v) is 5.37. The van der Waals surface area contributed by atoms with Crippen molar-refractivity contribution >= 4 is 10.0 Å². The zero-order valence-electron chi connectivity index (χ0n) is 11.4. The third kappa shape index (κ3) is 1.91. The van der Waals surface area contributed by atoms with Crippen LogP contribution in [0.5, 0.6) is 0 Å². The summed E-state index contributed by atoms with van der Waals surface area (Å²) in [5.74, 6) is 0. The second-order valence-electron chi connectivity index (χ2n) is 6.06. The molecule has 0 N–H and O–H groups in total. The molecule has 2 bridgehead atoms. The van der Waals surface area contributed by atoms with E-state index in [-0.39, 0.29) is 12.1 Å². The lowest BCUT2D eigenvalue weighted by Crippen LogP contribution is -2.41. The number of hydrogen-bond acceptors (Lipinski definition) is 3. The first-order valence-corrected chi connectivity index (χ1v) is 8.84. The molecule has 20 heavy (non-hydrogen) atoms. The largest absolute Gasteiger partial charge is 0.375 e. The van der Waals surface area contributed by atoms with E-state index in [1.54, 1.807) is 10.4 Å². The van der Waals surface area contributed by atoms with Crippen molar-refractivity contribution < 1.29 is 13.2 Å². The van der Waals surface area contributed by atoms with Crippen molar-refractivity contribution in [3.63, 3.8) is 0 Å². The van der Waals surface area contributed by atoms with Crippen LogP contribution in [-0.4, -0.2) is 38.0 Å². The van der Waals surface area contributed by atoms with Crippen molar-refractivity contribution in [2.24, 2.45) is 0 Å². The van der Waals surface area contributed by atoms with E-state index in [9.17, 15) is 8.42 Å². The monoisotopic (exact) mass is 293 g/mol. The quantitative estimate of drug-likeness (QED) is 0.834. The van der Waals surface area contributed by atoms with Crippen LogP contribution >= 0.6 is 0 Å². The SMILES string of the molecule is O=S(=O)(c1ccc2c(c1)CCCC2)N1C[C@H]2C[C@H]1CO2. The van der Waals surface area contributed by atoms with Crippen LogP contribution in [-0.2, 0) is 27.6 Å². The van der Waals surface area contributed by atoms with Crippen molar-refractivity contribution in [2.75, 3.05) is 13.2 Å². The van der Waals surface area contributed by atoms with E-state index in [0.29, 0.717) is 18.0 Å². The third-order valence-corrected chi connectivity index (χ3v) is 6.69. The van der Waals surface area contributed by atoms with Gasteiger partial charge in [0.15, 0.2) is 0 Å². The van der Waals surface area contributed by atoms with Gasteiger partial charge in [0.05, 0.1) is 23.6 Å². The summed E-state index contributed by atoms with van der Waals surface area (Å²) in [4.78, 5) is 0.464. The van der Waals surface area contributed by atoms with E-state index in [0.717, 1.165) is 19.3 Å². The zero-order chi connectivity index (χ0) is 13.7. The minimum Gasteiger partial charge on any atom is -0.375 e. The van der Waals surface area contributed by atoms with E-state index in [4.69, 9.17) is 4.74 Å². The number of ether oxygens (including phenoxy) is 1. The highest BCUT2D eigenvalue weighted by atomic mass is 32.2. The van der Waals surface area contributed by atoms with Crippen LogP contribution in [0.4, 0.5) is 0 Å². The molecule has 1 aromatic rings. The van der Waals surface area contributed by atoms with Gasteiger partial charge in [-0.1, -0.05) is 6.07 Å². The van der Waals surface area contributed by atoms with Gasteiger partial charge in [0, 0.05) is 6.54 Å². The van der Waals surface area contributed by atoms with Crippen molar-refractivity contribution in [1.29, 1.82) is 0 Å². The van der Waals surface area contributed by atoms with Gasteiger partial charge < -0.3 is 4.74 Å². The lowest BCUT2D eigenvalue weighted by atomic mass is 9.92. The first-order chi connectivity index (χ1) is 9.64. The lowest BCUT2D eigenvalue weighted by Gasteiger charge is -2.26. The molecule has 3 aliphatic rings. The van der Waals surface area contributed by atoms with E-state index in [1.165, 1.54) is 24.0 Å². The number of sulfonamides is 1. The number of aryl methyl sites for hydroxylation is 2. The molecule has 0 spiro atoms. The molecule has 5 heteroatoms. The normalized spacial score (nSPS) is 29.6. The van der Waals surface area contributed by atoms with Gasteiger partial charge in [0.2, 0.25) is 10.0 Å². The molecule has 4 rings (SSSR count). The number of benzene rings is 1. The predicted molar refractivity (Wildman–Crippen MR) is 75.1 cm³/mol. The molecule has 2 fully saturated rings. The van der Waals surface area contributed by atoms with Gasteiger partial charge in [-0.2, -0.15) is 4.31 Å². The highest BCUT2D eigenvalue weighted by molar-refractivity contribution is 7.89. The maximum Gasteiger partial charge on any atom is 0.243 e. The molecular weight excluding hydrogens is 274 g/mol. The number of hydrogen-bond donors (Lipinski definition) is 0. The van der Waals surface area contributed by atoms with Crippen LogP contribution < -0.4 is 0 Å². The Balaban J connectivity index is 1.69. The van der Waals surface area contributed by atoms with E-state index < -0.39 is 10.0 Å². The van der Waals surface area contributed by atoms with Crippen molar-refractivity contribution in [3.8, 4) is 0 Å². The van der Waals surface area contributed by atoms with Gasteiger partial charge in [-0.25, -0.2) is 8.42 Å². The zero-order valence-corrected chi connectivity index (χ0v) is 12.2. The third-order valence-electron chi connectivity index (χ3n) is 4.78. The van der Waals surface area contributed by atoms with E-state index >= 15 is 0 Å². The molecule has 0 amide bonds. The van der Waals surface area contributed by atoms with Gasteiger partial charge in [-0.15, -0.1) is 0 Å².